The number of rotatable bonds is 3. The number of carbonyl (C=O) groups excluding carboxylic acids is 1. The van der Waals surface area contributed by atoms with Crippen LogP contribution in [0, 0.1) is 5.92 Å². The van der Waals surface area contributed by atoms with Gasteiger partial charge < -0.3 is 30.0 Å². The third-order valence-electron chi connectivity index (χ3n) is 4.18. The fourth-order valence-electron chi connectivity index (χ4n) is 2.83. The lowest BCUT2D eigenvalue weighted by molar-refractivity contribution is -0.110. The molecule has 0 bridgehead atoms. The lowest BCUT2D eigenvalue weighted by Gasteiger charge is -2.25. The van der Waals surface area contributed by atoms with Crippen molar-refractivity contribution in [1.29, 1.82) is 0 Å². The van der Waals surface area contributed by atoms with Crippen molar-refractivity contribution in [3.8, 4) is 23.0 Å². The van der Waals surface area contributed by atoms with Crippen molar-refractivity contribution in [3.63, 3.8) is 0 Å². The Hall–Kier alpha value is -3.25. The monoisotopic (exact) mass is 354 g/mol. The summed E-state index contributed by atoms with van der Waals surface area (Å²) in [6.07, 6.45) is 4.29. The van der Waals surface area contributed by atoms with E-state index in [1.54, 1.807) is 24.3 Å². The van der Waals surface area contributed by atoms with Crippen molar-refractivity contribution < 1.29 is 30.0 Å². The molecule has 0 aromatic heterocycles. The van der Waals surface area contributed by atoms with E-state index in [-0.39, 0.29) is 36.2 Å². The first-order valence-electron chi connectivity index (χ1n) is 7.96. The summed E-state index contributed by atoms with van der Waals surface area (Å²) in [4.78, 5) is 11.7. The van der Waals surface area contributed by atoms with Crippen molar-refractivity contribution in [1.82, 2.24) is 0 Å². The first-order valence-corrected chi connectivity index (χ1v) is 7.96. The minimum absolute atomic E-state index is 0.216. The van der Waals surface area contributed by atoms with Crippen LogP contribution in [0.5, 0.6) is 23.0 Å². The highest BCUT2D eigenvalue weighted by Gasteiger charge is 2.24. The number of phenols is 4. The number of hydrogen-bond donors (Lipinski definition) is 4. The Morgan fingerprint density at radius 1 is 0.769 bits per heavy atom. The molecule has 6 heteroatoms. The smallest absolute Gasteiger partial charge is 0.157 e. The highest BCUT2D eigenvalue weighted by molar-refractivity contribution is 5.74. The first-order chi connectivity index (χ1) is 12.5. The molecule has 134 valence electrons. The molecular weight excluding hydrogens is 336 g/mol. The second-order valence-electron chi connectivity index (χ2n) is 6.04. The molecule has 0 amide bonds. The second-order valence-corrected chi connectivity index (χ2v) is 6.04. The zero-order valence-electron chi connectivity index (χ0n) is 13.8. The van der Waals surface area contributed by atoms with Gasteiger partial charge in [0.05, 0.1) is 19.1 Å². The lowest BCUT2D eigenvalue weighted by atomic mass is 9.88. The maximum absolute atomic E-state index is 11.7. The maximum Gasteiger partial charge on any atom is 0.157 e. The van der Waals surface area contributed by atoms with Crippen molar-refractivity contribution >= 4 is 18.4 Å². The molecule has 1 saturated heterocycles. The van der Waals surface area contributed by atoms with E-state index in [9.17, 15) is 25.2 Å². The highest BCUT2D eigenvalue weighted by Crippen LogP contribution is 2.32. The Bertz CT molecular complexity index is 828. The topological polar surface area (TPSA) is 107 Å². The number of hydrogen-bond acceptors (Lipinski definition) is 6. The predicted octanol–water partition coefficient (Wildman–Crippen LogP) is 2.82. The second kappa shape index (κ2) is 7.33. The standard InChI is InChI=1S/C20H18O6/c21-9-16-14(5-12-1-3-17(22)19(24)7-12)10-26-11-15(16)6-13-2-4-18(23)20(25)8-13/h1-9,16,22-25H,10-11H2. The molecule has 0 atom stereocenters. The average molecular weight is 354 g/mol. The van der Waals surface area contributed by atoms with E-state index in [1.165, 1.54) is 24.3 Å². The zero-order valence-corrected chi connectivity index (χ0v) is 13.8. The fourth-order valence-corrected chi connectivity index (χ4v) is 2.83. The van der Waals surface area contributed by atoms with E-state index in [4.69, 9.17) is 4.74 Å². The van der Waals surface area contributed by atoms with Gasteiger partial charge in [0.1, 0.15) is 6.29 Å². The number of aldehydes is 1. The Labute approximate surface area is 149 Å². The van der Waals surface area contributed by atoms with Crippen LogP contribution in [0.4, 0.5) is 0 Å². The summed E-state index contributed by atoms with van der Waals surface area (Å²) in [7, 11) is 0. The minimum Gasteiger partial charge on any atom is -0.504 e. The molecule has 6 nitrogen and oxygen atoms in total. The maximum atomic E-state index is 11.7. The van der Waals surface area contributed by atoms with Gasteiger partial charge in [-0.2, -0.15) is 0 Å². The van der Waals surface area contributed by atoms with Gasteiger partial charge in [0.15, 0.2) is 23.0 Å². The molecule has 3 rings (SSSR count). The quantitative estimate of drug-likeness (QED) is 0.499. The Morgan fingerprint density at radius 3 is 1.62 bits per heavy atom. The summed E-state index contributed by atoms with van der Waals surface area (Å²) in [6.45, 7) is 0.534. The normalized spacial score (nSPS) is 20.4. The molecule has 0 saturated carbocycles. The van der Waals surface area contributed by atoms with E-state index in [0.29, 0.717) is 22.3 Å². The van der Waals surface area contributed by atoms with E-state index in [0.717, 1.165) is 6.29 Å². The summed E-state index contributed by atoms with van der Waals surface area (Å²) in [6, 6.07) is 8.80. The number of carbonyl (C=O) groups is 1. The van der Waals surface area contributed by atoms with Gasteiger partial charge in [0, 0.05) is 0 Å². The molecule has 2 aromatic rings. The predicted molar refractivity (Wildman–Crippen MR) is 95.9 cm³/mol. The Balaban J connectivity index is 1.94. The van der Waals surface area contributed by atoms with Gasteiger partial charge in [0.2, 0.25) is 0 Å². The van der Waals surface area contributed by atoms with Crippen LogP contribution < -0.4 is 0 Å². The molecule has 1 heterocycles. The lowest BCUT2D eigenvalue weighted by Crippen LogP contribution is -2.23. The molecule has 4 N–H and O–H groups in total. The number of benzene rings is 2. The molecule has 26 heavy (non-hydrogen) atoms. The SMILES string of the molecule is O=CC1C(=Cc2ccc(O)c(O)c2)COCC1=Cc1ccc(O)c(O)c1. The van der Waals surface area contributed by atoms with Crippen LogP contribution in [0.15, 0.2) is 47.5 Å². The molecule has 0 radical (unpaired) electrons. The Morgan fingerprint density at radius 2 is 1.23 bits per heavy atom. The molecular formula is C20H18O6. The van der Waals surface area contributed by atoms with Gasteiger partial charge in [-0.15, -0.1) is 0 Å². The van der Waals surface area contributed by atoms with Crippen LogP contribution in [-0.2, 0) is 9.53 Å². The van der Waals surface area contributed by atoms with Crippen LogP contribution in [0.3, 0.4) is 0 Å². The fraction of sp³-hybridized carbons (Fsp3) is 0.150. The first kappa shape index (κ1) is 17.6. The van der Waals surface area contributed by atoms with Gasteiger partial charge in [-0.1, -0.05) is 24.3 Å². The minimum atomic E-state index is -0.504. The van der Waals surface area contributed by atoms with Crippen molar-refractivity contribution in [2.24, 2.45) is 5.92 Å². The number of phenolic OH excluding ortho intramolecular Hbond substituents is 4. The molecule has 1 aliphatic heterocycles. The molecule has 0 spiro atoms. The Kier molecular flexibility index (Phi) is 4.95. The molecule has 2 aromatic carbocycles. The zero-order chi connectivity index (χ0) is 18.7. The van der Waals surface area contributed by atoms with Crippen molar-refractivity contribution in [3.05, 3.63) is 58.7 Å². The average Bonchev–Trinajstić information content (AvgIpc) is 2.62. The van der Waals surface area contributed by atoms with Crippen LogP contribution in [0.1, 0.15) is 11.1 Å². The third-order valence-corrected chi connectivity index (χ3v) is 4.18. The van der Waals surface area contributed by atoms with Gasteiger partial charge in [-0.3, -0.25) is 0 Å². The van der Waals surface area contributed by atoms with Gasteiger partial charge >= 0.3 is 0 Å². The summed E-state index contributed by atoms with van der Waals surface area (Å²) in [5.41, 5.74) is 2.69. The summed E-state index contributed by atoms with van der Waals surface area (Å²) in [5, 5.41) is 38.0. The largest absolute Gasteiger partial charge is 0.504 e. The third kappa shape index (κ3) is 3.70. The van der Waals surface area contributed by atoms with E-state index < -0.39 is 5.92 Å². The van der Waals surface area contributed by atoms with E-state index >= 15 is 0 Å². The van der Waals surface area contributed by atoms with Crippen molar-refractivity contribution in [2.75, 3.05) is 13.2 Å². The van der Waals surface area contributed by atoms with Crippen LogP contribution in [-0.4, -0.2) is 39.9 Å². The van der Waals surface area contributed by atoms with Crippen molar-refractivity contribution in [2.45, 2.75) is 0 Å². The molecule has 0 aliphatic carbocycles. The summed E-state index contributed by atoms with van der Waals surface area (Å²) in [5.74, 6) is -1.42. The number of aromatic hydroxyl groups is 4. The molecule has 0 unspecified atom stereocenters. The van der Waals surface area contributed by atoms with E-state index in [1.807, 2.05) is 0 Å². The van der Waals surface area contributed by atoms with Crippen LogP contribution >= 0.6 is 0 Å². The van der Waals surface area contributed by atoms with Gasteiger partial charge in [-0.05, 0) is 46.5 Å². The van der Waals surface area contributed by atoms with Crippen LogP contribution in [0.2, 0.25) is 0 Å². The summed E-state index contributed by atoms with van der Waals surface area (Å²) >= 11 is 0. The molecule has 1 fully saturated rings. The number of ether oxygens (including phenoxy) is 1. The van der Waals surface area contributed by atoms with E-state index in [2.05, 4.69) is 0 Å². The van der Waals surface area contributed by atoms with Gasteiger partial charge in [0.25, 0.3) is 0 Å². The summed E-state index contributed by atoms with van der Waals surface area (Å²) < 4.78 is 5.56. The van der Waals surface area contributed by atoms with Crippen LogP contribution in [0.25, 0.3) is 12.2 Å². The molecule has 1 aliphatic rings. The highest BCUT2D eigenvalue weighted by atomic mass is 16.5. The van der Waals surface area contributed by atoms with Gasteiger partial charge in [-0.25, -0.2) is 0 Å².